The average Bonchev–Trinajstić information content (AvgIpc) is 3.39. The molecule has 1 heterocycles. The maximum absolute atomic E-state index is 7.22. The molecule has 6 aromatic rings. The lowest BCUT2D eigenvalue weighted by Crippen LogP contribution is -2.48. The SMILES string of the molecule is c1ccc(C2(c3ccccc3)OP(Oc3cccc4ccccc34)OC2(c2ccccc2)c2ccccc2)cc1. The lowest BCUT2D eigenvalue weighted by Gasteiger charge is -2.43. The van der Waals surface area contributed by atoms with Gasteiger partial charge in [0.25, 0.3) is 0 Å². The van der Waals surface area contributed by atoms with E-state index < -0.39 is 19.8 Å². The zero-order valence-corrected chi connectivity index (χ0v) is 22.7. The number of rotatable bonds is 6. The van der Waals surface area contributed by atoms with Gasteiger partial charge in [-0.05, 0) is 33.7 Å². The molecule has 0 unspecified atom stereocenters. The average molecular weight is 539 g/mol. The molecular formula is C36H27O3P. The summed E-state index contributed by atoms with van der Waals surface area (Å²) in [6.07, 6.45) is 0. The minimum absolute atomic E-state index is 0.733. The second kappa shape index (κ2) is 10.4. The Labute approximate surface area is 235 Å². The minimum atomic E-state index is -1.86. The van der Waals surface area contributed by atoms with Crippen LogP contribution in [0.5, 0.6) is 5.75 Å². The third-order valence-electron chi connectivity index (χ3n) is 7.56. The van der Waals surface area contributed by atoms with E-state index in [0.717, 1.165) is 38.8 Å². The normalized spacial score (nSPS) is 16.1. The first-order valence-electron chi connectivity index (χ1n) is 13.4. The Morgan fingerprint density at radius 2 is 0.775 bits per heavy atom. The molecule has 0 aromatic heterocycles. The fourth-order valence-corrected chi connectivity index (χ4v) is 7.37. The molecule has 6 aromatic carbocycles. The van der Waals surface area contributed by atoms with Gasteiger partial charge in [-0.1, -0.05) is 158 Å². The van der Waals surface area contributed by atoms with Crippen LogP contribution in [0.3, 0.4) is 0 Å². The summed E-state index contributed by atoms with van der Waals surface area (Å²) < 4.78 is 21.1. The standard InChI is InChI=1S/C36H27O3P/c1-5-18-29(19-6-1)35(30-20-7-2-8-21-30)36(31-22-9-3-10-23-31,32-24-11-4-12-25-32)39-40(38-35)37-34-27-15-17-28-16-13-14-26-33(28)34/h1-27H. The van der Waals surface area contributed by atoms with E-state index in [2.05, 4.69) is 115 Å². The van der Waals surface area contributed by atoms with Gasteiger partial charge in [0.2, 0.25) is 0 Å². The van der Waals surface area contributed by atoms with Crippen molar-refractivity contribution in [3.8, 4) is 5.75 Å². The van der Waals surface area contributed by atoms with Crippen molar-refractivity contribution in [1.29, 1.82) is 0 Å². The fourth-order valence-electron chi connectivity index (χ4n) is 5.81. The molecule has 1 aliphatic rings. The van der Waals surface area contributed by atoms with E-state index in [9.17, 15) is 0 Å². The lowest BCUT2D eigenvalue weighted by molar-refractivity contribution is 0.00370. The summed E-state index contributed by atoms with van der Waals surface area (Å²) in [6.45, 7) is 0. The summed E-state index contributed by atoms with van der Waals surface area (Å²) in [4.78, 5) is 0. The van der Waals surface area contributed by atoms with E-state index in [1.807, 2.05) is 48.5 Å². The maximum atomic E-state index is 7.22. The highest BCUT2D eigenvalue weighted by molar-refractivity contribution is 7.42. The number of hydrogen-bond donors (Lipinski definition) is 0. The van der Waals surface area contributed by atoms with Gasteiger partial charge in [-0.2, -0.15) is 0 Å². The molecule has 0 radical (unpaired) electrons. The van der Waals surface area contributed by atoms with Crippen molar-refractivity contribution >= 4 is 19.4 Å². The molecule has 194 valence electrons. The lowest BCUT2D eigenvalue weighted by atomic mass is 9.66. The predicted molar refractivity (Wildman–Crippen MR) is 161 cm³/mol. The highest BCUT2D eigenvalue weighted by Gasteiger charge is 2.66. The summed E-state index contributed by atoms with van der Waals surface area (Å²) in [5, 5.41) is 2.12. The smallest absolute Gasteiger partial charge is 0.400 e. The van der Waals surface area contributed by atoms with Gasteiger partial charge in [0, 0.05) is 5.39 Å². The van der Waals surface area contributed by atoms with Crippen LogP contribution in [0, 0.1) is 0 Å². The Kier molecular flexibility index (Phi) is 6.42. The van der Waals surface area contributed by atoms with Crippen molar-refractivity contribution in [2.45, 2.75) is 11.2 Å². The van der Waals surface area contributed by atoms with Crippen LogP contribution in [0.15, 0.2) is 164 Å². The van der Waals surface area contributed by atoms with Crippen LogP contribution < -0.4 is 4.52 Å². The van der Waals surface area contributed by atoms with E-state index >= 15 is 0 Å². The monoisotopic (exact) mass is 538 g/mol. The Hall–Kier alpha value is -4.27. The van der Waals surface area contributed by atoms with Crippen molar-refractivity contribution in [3.05, 3.63) is 186 Å². The Morgan fingerprint density at radius 3 is 1.23 bits per heavy atom. The molecule has 0 aliphatic carbocycles. The summed E-state index contributed by atoms with van der Waals surface area (Å²) in [6, 6.07) is 55.8. The van der Waals surface area contributed by atoms with Gasteiger partial charge < -0.3 is 4.52 Å². The topological polar surface area (TPSA) is 27.7 Å². The summed E-state index contributed by atoms with van der Waals surface area (Å²) in [5.41, 5.74) is 1.85. The molecule has 0 spiro atoms. The molecule has 0 bridgehead atoms. The largest absolute Gasteiger partial charge is 0.426 e. The fraction of sp³-hybridized carbons (Fsp3) is 0.0556. The number of hydrogen-bond acceptors (Lipinski definition) is 3. The van der Waals surface area contributed by atoms with Crippen LogP contribution in [0.25, 0.3) is 10.8 Å². The summed E-state index contributed by atoms with van der Waals surface area (Å²) in [7, 11) is -1.86. The molecule has 40 heavy (non-hydrogen) atoms. The summed E-state index contributed by atoms with van der Waals surface area (Å²) in [5.74, 6) is 0.733. The van der Waals surface area contributed by atoms with Gasteiger partial charge >= 0.3 is 8.60 Å². The van der Waals surface area contributed by atoms with Crippen LogP contribution in [-0.2, 0) is 20.2 Å². The first-order chi connectivity index (χ1) is 19.8. The highest BCUT2D eigenvalue weighted by atomic mass is 31.2. The van der Waals surface area contributed by atoms with Crippen LogP contribution >= 0.6 is 8.60 Å². The molecule has 0 amide bonds. The maximum Gasteiger partial charge on any atom is 0.400 e. The molecule has 0 saturated carbocycles. The zero-order chi connectivity index (χ0) is 26.8. The molecule has 3 nitrogen and oxygen atoms in total. The molecule has 0 atom stereocenters. The second-order valence-corrected chi connectivity index (χ2v) is 10.8. The van der Waals surface area contributed by atoms with E-state index in [-0.39, 0.29) is 0 Å². The Morgan fingerprint density at radius 1 is 0.400 bits per heavy atom. The van der Waals surface area contributed by atoms with E-state index in [4.69, 9.17) is 13.6 Å². The minimum Gasteiger partial charge on any atom is -0.426 e. The third kappa shape index (κ3) is 3.94. The van der Waals surface area contributed by atoms with E-state index in [1.165, 1.54) is 0 Å². The van der Waals surface area contributed by atoms with Gasteiger partial charge in [-0.15, -0.1) is 0 Å². The second-order valence-electron chi connectivity index (χ2n) is 9.80. The van der Waals surface area contributed by atoms with Gasteiger partial charge in [0.15, 0.2) is 11.2 Å². The van der Waals surface area contributed by atoms with Crippen LogP contribution in [-0.4, -0.2) is 0 Å². The van der Waals surface area contributed by atoms with Gasteiger partial charge in [0.1, 0.15) is 5.75 Å². The van der Waals surface area contributed by atoms with Crippen molar-refractivity contribution in [2.75, 3.05) is 0 Å². The number of benzene rings is 6. The Balaban J connectivity index is 1.51. The first-order valence-corrected chi connectivity index (χ1v) is 14.5. The quantitative estimate of drug-likeness (QED) is 0.198. The molecule has 7 rings (SSSR count). The molecule has 1 aliphatic heterocycles. The van der Waals surface area contributed by atoms with Crippen molar-refractivity contribution < 1.29 is 13.6 Å². The van der Waals surface area contributed by atoms with Crippen molar-refractivity contribution in [3.63, 3.8) is 0 Å². The first kappa shape index (κ1) is 24.7. The van der Waals surface area contributed by atoms with Crippen LogP contribution in [0.4, 0.5) is 0 Å². The van der Waals surface area contributed by atoms with Gasteiger partial charge in [-0.25, -0.2) is 0 Å². The number of fused-ring (bicyclic) bond motifs is 1. The molecule has 1 saturated heterocycles. The molecular weight excluding hydrogens is 511 g/mol. The predicted octanol–water partition coefficient (Wildman–Crippen LogP) is 9.38. The van der Waals surface area contributed by atoms with Crippen molar-refractivity contribution in [1.82, 2.24) is 0 Å². The summed E-state index contributed by atoms with van der Waals surface area (Å²) >= 11 is 0. The van der Waals surface area contributed by atoms with Crippen LogP contribution in [0.1, 0.15) is 22.3 Å². The van der Waals surface area contributed by atoms with Gasteiger partial charge in [0.05, 0.1) is 0 Å². The van der Waals surface area contributed by atoms with Crippen LogP contribution in [0.2, 0.25) is 0 Å². The van der Waals surface area contributed by atoms with E-state index in [1.54, 1.807) is 0 Å². The third-order valence-corrected chi connectivity index (χ3v) is 8.75. The van der Waals surface area contributed by atoms with Crippen molar-refractivity contribution in [2.24, 2.45) is 0 Å². The Bertz CT molecular complexity index is 1550. The molecule has 1 fully saturated rings. The highest BCUT2D eigenvalue weighted by Crippen LogP contribution is 2.70. The van der Waals surface area contributed by atoms with E-state index in [0.29, 0.717) is 0 Å². The zero-order valence-electron chi connectivity index (χ0n) is 21.8. The molecule has 4 heteroatoms. The van der Waals surface area contributed by atoms with Gasteiger partial charge in [-0.3, -0.25) is 9.05 Å². The molecule has 0 N–H and O–H groups in total.